The normalized spacial score (nSPS) is 14.1. The summed E-state index contributed by atoms with van der Waals surface area (Å²) in [5.41, 5.74) is -0.752. The van der Waals surface area contributed by atoms with Crippen LogP contribution in [0, 0.1) is 5.41 Å². The van der Waals surface area contributed by atoms with Gasteiger partial charge in [-0.25, -0.2) is 0 Å². The van der Waals surface area contributed by atoms with Crippen molar-refractivity contribution in [3.63, 3.8) is 0 Å². The smallest absolute Gasteiger partial charge is 0.870 e. The van der Waals surface area contributed by atoms with Crippen LogP contribution in [0.1, 0.15) is 104 Å². The van der Waals surface area contributed by atoms with Gasteiger partial charge in [-0.15, -0.1) is 17.2 Å². The topological polar surface area (TPSA) is 93.7 Å². The molecule has 0 aromatic heterocycles. The number of rotatable bonds is 19. The Labute approximate surface area is 255 Å². The maximum Gasteiger partial charge on any atom is 1.00 e. The second kappa shape index (κ2) is 23.3. The summed E-state index contributed by atoms with van der Waals surface area (Å²) in [5.74, 6) is 0.690. The Morgan fingerprint density at radius 3 is 2.22 bits per heavy atom. The van der Waals surface area contributed by atoms with Crippen LogP contribution in [0.4, 0.5) is 0 Å². The van der Waals surface area contributed by atoms with Crippen LogP contribution in [-0.2, 0) is 19.1 Å². The number of thioether (sulfide) groups is 2. The molecule has 1 amide bonds. The van der Waals surface area contributed by atoms with E-state index in [4.69, 9.17) is 17.0 Å². The van der Waals surface area contributed by atoms with Gasteiger partial charge >= 0.3 is 35.5 Å². The molecule has 1 rings (SSSR count). The van der Waals surface area contributed by atoms with Crippen molar-refractivity contribution in [2.45, 2.75) is 109 Å². The Morgan fingerprint density at radius 1 is 1.11 bits per heavy atom. The van der Waals surface area contributed by atoms with Crippen LogP contribution in [-0.4, -0.2) is 62.8 Å². The van der Waals surface area contributed by atoms with E-state index < -0.39 is 10.7 Å². The first-order chi connectivity index (χ1) is 16.3. The molecular formula is C26H45NNaO5S3-. The third-order valence-electron chi connectivity index (χ3n) is 5.97. The van der Waals surface area contributed by atoms with Gasteiger partial charge < -0.3 is 19.9 Å². The van der Waals surface area contributed by atoms with Crippen LogP contribution in [0.25, 0.3) is 0 Å². The molecule has 1 heterocycles. The van der Waals surface area contributed by atoms with Crippen molar-refractivity contribution in [1.82, 2.24) is 4.90 Å². The van der Waals surface area contributed by atoms with Crippen LogP contribution >= 0.6 is 35.7 Å². The van der Waals surface area contributed by atoms with Crippen molar-refractivity contribution < 1.29 is 54.2 Å². The summed E-state index contributed by atoms with van der Waals surface area (Å²) in [6.07, 6.45) is 16.8. The Balaban J connectivity index is 0. The average Bonchev–Trinajstić information content (AvgIpc) is 3.21. The van der Waals surface area contributed by atoms with E-state index in [1.54, 1.807) is 30.5 Å². The Morgan fingerprint density at radius 2 is 1.69 bits per heavy atom. The minimum absolute atomic E-state index is 0. The van der Waals surface area contributed by atoms with Crippen molar-refractivity contribution in [3.8, 4) is 0 Å². The number of carbonyl (C=O) groups is 2. The second-order valence-corrected chi connectivity index (χ2v) is 13.2. The monoisotopic (exact) mass is 570 g/mol. The fourth-order valence-corrected chi connectivity index (χ4v) is 6.74. The maximum absolute atomic E-state index is 12.7. The van der Waals surface area contributed by atoms with Crippen molar-refractivity contribution >= 4 is 57.4 Å². The number of unbranched alkanes of at least 4 members (excludes halogenated alkanes) is 9. The zero-order chi connectivity index (χ0) is 25.2. The van der Waals surface area contributed by atoms with Gasteiger partial charge in [-0.2, -0.15) is 0 Å². The van der Waals surface area contributed by atoms with Crippen LogP contribution in [0.15, 0.2) is 0 Å². The van der Waals surface area contributed by atoms with Gasteiger partial charge in [-0.1, -0.05) is 103 Å². The summed E-state index contributed by atoms with van der Waals surface area (Å²) in [4.78, 5) is 37.5. The molecule has 204 valence electrons. The van der Waals surface area contributed by atoms with E-state index in [2.05, 4.69) is 6.92 Å². The molecule has 0 aromatic carbocycles. The maximum atomic E-state index is 12.7. The number of esters is 1. The number of nitrogens with zero attached hydrogens (tertiary/aromatic N) is 1. The summed E-state index contributed by atoms with van der Waals surface area (Å²) >= 11 is 8.46. The van der Waals surface area contributed by atoms with Crippen molar-refractivity contribution in [1.29, 1.82) is 0 Å². The second-order valence-electron chi connectivity index (χ2n) is 9.73. The molecule has 0 aliphatic carbocycles. The molecule has 10 heteroatoms. The van der Waals surface area contributed by atoms with E-state index in [1.807, 2.05) is 6.29 Å². The summed E-state index contributed by atoms with van der Waals surface area (Å²) in [6.45, 7) is 7.10. The molecule has 36 heavy (non-hydrogen) atoms. The van der Waals surface area contributed by atoms with Gasteiger partial charge in [-0.05, 0) is 25.0 Å². The van der Waals surface area contributed by atoms with Gasteiger partial charge in [0.15, 0.2) is 0 Å². The molecule has 0 spiro atoms. The summed E-state index contributed by atoms with van der Waals surface area (Å²) in [5, 5.41) is -0.543. The number of ether oxygens (including phenoxy) is 1. The van der Waals surface area contributed by atoms with Gasteiger partial charge in [-0.3, -0.25) is 15.9 Å². The zero-order valence-corrected chi connectivity index (χ0v) is 27.3. The third-order valence-corrected chi connectivity index (χ3v) is 8.82. The van der Waals surface area contributed by atoms with Gasteiger partial charge in [0.1, 0.15) is 15.4 Å². The molecule has 1 unspecified atom stereocenters. The van der Waals surface area contributed by atoms with E-state index in [1.165, 1.54) is 69.5 Å². The quantitative estimate of drug-likeness (QED) is 0.0766. The Kier molecular flexibility index (Phi) is 24.9. The molecule has 0 saturated carbocycles. The summed E-state index contributed by atoms with van der Waals surface area (Å²) in [7, 11) is 0. The van der Waals surface area contributed by atoms with E-state index in [9.17, 15) is 14.4 Å². The standard InChI is InChI=1S/C26H44NO4S3.Na.H2O/c1-4-5-6-7-8-9-10-11-12-13-19-33-25(32)34-22(20-26(2,3)21-28)24(30)31-18-17-27-16-14-15-23(27)29;;/h22H,4-20H2,1-3H3;;1H2/q-1;+1;/p-1. The molecule has 1 aliphatic heterocycles. The SMILES string of the molecule is CCCCCCCCCCCCSC(=S)SC(CC(C)(C)[C-]=O)C(=O)OCCN1CCCC1=O.[Na+].[OH-]. The van der Waals surface area contributed by atoms with E-state index >= 15 is 0 Å². The average molecular weight is 571 g/mol. The minimum Gasteiger partial charge on any atom is -0.870 e. The third kappa shape index (κ3) is 18.6. The van der Waals surface area contributed by atoms with Gasteiger partial charge in [0.25, 0.3) is 0 Å². The largest absolute Gasteiger partial charge is 1.00 e. The van der Waals surface area contributed by atoms with E-state index in [-0.39, 0.29) is 53.5 Å². The molecule has 0 aromatic rings. The first-order valence-corrected chi connectivity index (χ1v) is 15.2. The van der Waals surface area contributed by atoms with Crippen LogP contribution in [0.5, 0.6) is 0 Å². The number of thiocarbonyl (C=S) groups is 1. The molecule has 1 aliphatic rings. The zero-order valence-electron chi connectivity index (χ0n) is 22.9. The predicted octanol–water partition coefficient (Wildman–Crippen LogP) is 3.55. The van der Waals surface area contributed by atoms with E-state index in [0.29, 0.717) is 22.9 Å². The summed E-state index contributed by atoms with van der Waals surface area (Å²) in [6, 6.07) is 0. The first-order valence-electron chi connectivity index (χ1n) is 13.0. The van der Waals surface area contributed by atoms with Gasteiger partial charge in [0.05, 0.1) is 6.54 Å². The molecule has 1 fully saturated rings. The van der Waals surface area contributed by atoms with Gasteiger partial charge in [0.2, 0.25) is 5.91 Å². The molecule has 1 N–H and O–H groups in total. The fourth-order valence-electron chi connectivity index (χ4n) is 3.86. The molecular weight excluding hydrogens is 525 g/mol. The summed E-state index contributed by atoms with van der Waals surface area (Å²) < 4.78 is 6.18. The molecule has 6 nitrogen and oxygen atoms in total. The predicted molar refractivity (Wildman–Crippen MR) is 151 cm³/mol. The molecule has 1 saturated heterocycles. The van der Waals surface area contributed by atoms with E-state index in [0.717, 1.165) is 25.1 Å². The minimum atomic E-state index is -0.752. The fraction of sp³-hybridized carbons (Fsp3) is 0.846. The molecule has 0 radical (unpaired) electrons. The number of amides is 1. The Hall–Kier alpha value is 0.360. The number of carbonyl (C=O) groups excluding carboxylic acids is 3. The number of hydrogen-bond donors (Lipinski definition) is 0. The van der Waals surface area contributed by atoms with Crippen LogP contribution in [0.3, 0.4) is 0 Å². The Bertz CT molecular complexity index is 637. The van der Waals surface area contributed by atoms with Crippen molar-refractivity contribution in [2.24, 2.45) is 5.41 Å². The number of hydrogen-bond acceptors (Lipinski definition) is 8. The van der Waals surface area contributed by atoms with Crippen molar-refractivity contribution in [3.05, 3.63) is 0 Å². The van der Waals surface area contributed by atoms with Crippen LogP contribution in [0.2, 0.25) is 0 Å². The van der Waals surface area contributed by atoms with Crippen molar-refractivity contribution in [2.75, 3.05) is 25.4 Å². The first kappa shape index (κ1) is 38.5. The molecule has 0 bridgehead atoms. The molecule has 1 atom stereocenters. The van der Waals surface area contributed by atoms with Gasteiger partial charge in [0, 0.05) is 13.0 Å². The number of likely N-dealkylation sites (tertiary alicyclic amines) is 1. The van der Waals surface area contributed by atoms with Crippen LogP contribution < -0.4 is 29.6 Å².